The third kappa shape index (κ3) is 2.10. The summed E-state index contributed by atoms with van der Waals surface area (Å²) in [6.45, 7) is 0.671. The van der Waals surface area contributed by atoms with Gasteiger partial charge in [0, 0.05) is 23.2 Å². The first kappa shape index (κ1) is 12.9. The number of nitrogens with two attached hydrogens (primary N) is 1. The van der Waals surface area contributed by atoms with Crippen LogP contribution in [0, 0.1) is 0 Å². The molecule has 2 amide bonds. The minimum Gasteiger partial charge on any atom is -0.366 e. The topological polar surface area (TPSA) is 63.4 Å². The van der Waals surface area contributed by atoms with Crippen molar-refractivity contribution in [3.63, 3.8) is 0 Å². The van der Waals surface area contributed by atoms with Gasteiger partial charge < -0.3 is 10.6 Å². The van der Waals surface area contributed by atoms with E-state index in [9.17, 15) is 9.59 Å². The van der Waals surface area contributed by atoms with Crippen molar-refractivity contribution in [3.8, 4) is 0 Å². The second kappa shape index (κ2) is 5.09. The van der Waals surface area contributed by atoms with E-state index in [0.29, 0.717) is 17.7 Å². The Bertz CT molecular complexity index is 665. The molecule has 0 radical (unpaired) electrons. The molecule has 102 valence electrons. The molecule has 0 spiro atoms. The summed E-state index contributed by atoms with van der Waals surface area (Å²) in [4.78, 5) is 25.8. The summed E-state index contributed by atoms with van der Waals surface area (Å²) in [5.74, 6) is -0.458. The van der Waals surface area contributed by atoms with Gasteiger partial charge in [0.15, 0.2) is 0 Å². The molecule has 0 unspecified atom stereocenters. The van der Waals surface area contributed by atoms with Crippen molar-refractivity contribution in [1.29, 1.82) is 0 Å². The SMILES string of the molecule is NC(=O)c1cccc2c1CCCN2C(=O)c1ccsc1. The van der Waals surface area contributed by atoms with E-state index in [1.54, 1.807) is 17.0 Å². The third-order valence-electron chi connectivity index (χ3n) is 3.53. The monoisotopic (exact) mass is 286 g/mol. The van der Waals surface area contributed by atoms with Crippen LogP contribution in [0.2, 0.25) is 0 Å². The van der Waals surface area contributed by atoms with Gasteiger partial charge >= 0.3 is 0 Å². The average molecular weight is 286 g/mol. The van der Waals surface area contributed by atoms with Crippen LogP contribution < -0.4 is 10.6 Å². The first-order chi connectivity index (χ1) is 9.68. The van der Waals surface area contributed by atoms with Crippen molar-refractivity contribution in [3.05, 3.63) is 51.7 Å². The molecule has 2 heterocycles. The molecule has 0 atom stereocenters. The van der Waals surface area contributed by atoms with Gasteiger partial charge in [-0.15, -0.1) is 0 Å². The maximum Gasteiger partial charge on any atom is 0.259 e. The summed E-state index contributed by atoms with van der Waals surface area (Å²) in [6.07, 6.45) is 1.62. The van der Waals surface area contributed by atoms with E-state index in [4.69, 9.17) is 5.73 Å². The van der Waals surface area contributed by atoms with Crippen molar-refractivity contribution in [2.24, 2.45) is 5.73 Å². The predicted molar refractivity (Wildman–Crippen MR) is 79.3 cm³/mol. The summed E-state index contributed by atoms with van der Waals surface area (Å²) >= 11 is 1.50. The van der Waals surface area contributed by atoms with Gasteiger partial charge in [-0.1, -0.05) is 6.07 Å². The van der Waals surface area contributed by atoms with E-state index in [1.165, 1.54) is 11.3 Å². The molecule has 5 heteroatoms. The van der Waals surface area contributed by atoms with Crippen LogP contribution in [0.25, 0.3) is 0 Å². The van der Waals surface area contributed by atoms with Crippen molar-refractivity contribution in [1.82, 2.24) is 0 Å². The number of thiophene rings is 1. The highest BCUT2D eigenvalue weighted by atomic mass is 32.1. The fourth-order valence-corrected chi connectivity index (χ4v) is 3.24. The number of amides is 2. The van der Waals surface area contributed by atoms with Gasteiger partial charge in [0.25, 0.3) is 5.91 Å². The van der Waals surface area contributed by atoms with Crippen LogP contribution in [0.5, 0.6) is 0 Å². The summed E-state index contributed by atoms with van der Waals surface area (Å²) in [5.41, 5.74) is 8.31. The van der Waals surface area contributed by atoms with Gasteiger partial charge in [0.1, 0.15) is 0 Å². The minimum atomic E-state index is -0.438. The number of benzene rings is 1. The van der Waals surface area contributed by atoms with Gasteiger partial charge in [-0.05, 0) is 42.0 Å². The van der Waals surface area contributed by atoms with Crippen LogP contribution >= 0.6 is 11.3 Å². The number of fused-ring (bicyclic) bond motifs is 1. The Morgan fingerprint density at radius 1 is 1.25 bits per heavy atom. The van der Waals surface area contributed by atoms with Gasteiger partial charge in [-0.25, -0.2) is 0 Å². The first-order valence-electron chi connectivity index (χ1n) is 6.44. The van der Waals surface area contributed by atoms with Crippen LogP contribution in [-0.4, -0.2) is 18.4 Å². The summed E-state index contributed by atoms with van der Waals surface area (Å²) < 4.78 is 0. The van der Waals surface area contributed by atoms with Gasteiger partial charge in [0.2, 0.25) is 5.91 Å². The van der Waals surface area contributed by atoms with E-state index < -0.39 is 5.91 Å². The highest BCUT2D eigenvalue weighted by molar-refractivity contribution is 7.08. The molecule has 20 heavy (non-hydrogen) atoms. The van der Waals surface area contributed by atoms with Crippen LogP contribution in [0.15, 0.2) is 35.0 Å². The quantitative estimate of drug-likeness (QED) is 0.921. The van der Waals surface area contributed by atoms with Crippen LogP contribution in [0.1, 0.15) is 32.7 Å². The number of nitrogens with zero attached hydrogens (tertiary/aromatic N) is 1. The molecule has 4 nitrogen and oxygen atoms in total. The Morgan fingerprint density at radius 3 is 2.80 bits per heavy atom. The molecule has 1 aliphatic heterocycles. The maximum absolute atomic E-state index is 12.5. The molecule has 0 bridgehead atoms. The molecule has 3 rings (SSSR count). The Morgan fingerprint density at radius 2 is 2.10 bits per heavy atom. The maximum atomic E-state index is 12.5. The minimum absolute atomic E-state index is 0.0196. The molecule has 2 N–H and O–H groups in total. The van der Waals surface area contributed by atoms with E-state index in [0.717, 1.165) is 24.1 Å². The predicted octanol–water partition coefficient (Wildman–Crippen LogP) is 2.44. The molecular formula is C15H14N2O2S. The number of rotatable bonds is 2. The fraction of sp³-hybridized carbons (Fsp3) is 0.200. The molecule has 0 fully saturated rings. The zero-order valence-corrected chi connectivity index (χ0v) is 11.7. The summed E-state index contributed by atoms with van der Waals surface area (Å²) in [7, 11) is 0. The van der Waals surface area contributed by atoms with E-state index in [-0.39, 0.29) is 5.91 Å². The lowest BCUT2D eigenvalue weighted by Gasteiger charge is -2.30. The highest BCUT2D eigenvalue weighted by Crippen LogP contribution is 2.31. The number of carbonyl (C=O) groups excluding carboxylic acids is 2. The van der Waals surface area contributed by atoms with Crippen molar-refractivity contribution < 1.29 is 9.59 Å². The number of anilines is 1. The zero-order chi connectivity index (χ0) is 14.1. The molecule has 0 saturated carbocycles. The largest absolute Gasteiger partial charge is 0.366 e. The second-order valence-corrected chi connectivity index (χ2v) is 5.52. The third-order valence-corrected chi connectivity index (χ3v) is 4.21. The normalized spacial score (nSPS) is 13.9. The van der Waals surface area contributed by atoms with Crippen molar-refractivity contribution in [2.75, 3.05) is 11.4 Å². The molecule has 1 aromatic carbocycles. The highest BCUT2D eigenvalue weighted by Gasteiger charge is 2.26. The van der Waals surface area contributed by atoms with Gasteiger partial charge in [0.05, 0.1) is 5.56 Å². The molecule has 1 aromatic heterocycles. The summed E-state index contributed by atoms with van der Waals surface area (Å²) in [6, 6.07) is 7.20. The Balaban J connectivity index is 2.05. The average Bonchev–Trinajstić information content (AvgIpc) is 2.99. The lowest BCUT2D eigenvalue weighted by atomic mass is 9.95. The Labute approximate surface area is 120 Å². The summed E-state index contributed by atoms with van der Waals surface area (Å²) in [5, 5.41) is 3.73. The second-order valence-electron chi connectivity index (χ2n) is 4.74. The van der Waals surface area contributed by atoms with E-state index in [2.05, 4.69) is 0 Å². The standard InChI is InChI=1S/C15H14N2O2S/c16-14(18)12-3-1-5-13-11(12)4-2-7-17(13)15(19)10-6-8-20-9-10/h1,3,5-6,8-9H,2,4,7H2,(H2,16,18). The van der Waals surface area contributed by atoms with Crippen molar-refractivity contribution >= 4 is 28.8 Å². The van der Waals surface area contributed by atoms with Crippen LogP contribution in [0.3, 0.4) is 0 Å². The molecule has 0 saturated heterocycles. The van der Waals surface area contributed by atoms with Crippen molar-refractivity contribution in [2.45, 2.75) is 12.8 Å². The number of hydrogen-bond donors (Lipinski definition) is 1. The van der Waals surface area contributed by atoms with Gasteiger partial charge in [-0.2, -0.15) is 11.3 Å². The zero-order valence-electron chi connectivity index (χ0n) is 10.8. The lowest BCUT2D eigenvalue weighted by molar-refractivity contribution is 0.0977. The van der Waals surface area contributed by atoms with Crippen LogP contribution in [0.4, 0.5) is 5.69 Å². The molecule has 2 aromatic rings. The van der Waals surface area contributed by atoms with E-state index >= 15 is 0 Å². The number of hydrogen-bond acceptors (Lipinski definition) is 3. The Kier molecular flexibility index (Phi) is 3.28. The Hall–Kier alpha value is -2.14. The van der Waals surface area contributed by atoms with Gasteiger partial charge in [-0.3, -0.25) is 9.59 Å². The van der Waals surface area contributed by atoms with Crippen LogP contribution in [-0.2, 0) is 6.42 Å². The first-order valence-corrected chi connectivity index (χ1v) is 7.38. The number of carbonyl (C=O) groups is 2. The smallest absolute Gasteiger partial charge is 0.259 e. The van der Waals surface area contributed by atoms with E-state index in [1.807, 2.05) is 22.9 Å². The molecule has 0 aliphatic carbocycles. The fourth-order valence-electron chi connectivity index (χ4n) is 2.61. The molecular weight excluding hydrogens is 272 g/mol. The number of primary amides is 1. The molecule has 1 aliphatic rings. The lowest BCUT2D eigenvalue weighted by Crippen LogP contribution is -2.36.